The first-order valence-electron chi connectivity index (χ1n) is 4.98. The Morgan fingerprint density at radius 1 is 1.00 bits per heavy atom. The van der Waals surface area contributed by atoms with Gasteiger partial charge in [-0.25, -0.2) is 3.11 Å². The lowest BCUT2D eigenvalue weighted by molar-refractivity contribution is 0.280. The molecule has 0 N–H and O–H groups in total. The predicted octanol–water partition coefficient (Wildman–Crippen LogP) is 3.48. The highest BCUT2D eigenvalue weighted by Gasteiger charge is 2.34. The van der Waals surface area contributed by atoms with Crippen molar-refractivity contribution >= 4 is 22.9 Å². The molecule has 2 heteroatoms. The summed E-state index contributed by atoms with van der Waals surface area (Å²) in [6.07, 6.45) is 2.78. The second kappa shape index (κ2) is 4.27. The van der Waals surface area contributed by atoms with Gasteiger partial charge in [-0.1, -0.05) is 27.7 Å². The average molecular weight is 281 g/mol. The minimum absolute atomic E-state index is 0.811. The normalized spacial score (nSPS) is 32.2. The lowest BCUT2D eigenvalue weighted by Gasteiger charge is -2.28. The van der Waals surface area contributed by atoms with Gasteiger partial charge in [-0.2, -0.15) is 0 Å². The van der Waals surface area contributed by atoms with Crippen LogP contribution in [0.5, 0.6) is 0 Å². The number of rotatable bonds is 2. The van der Waals surface area contributed by atoms with Crippen LogP contribution in [-0.4, -0.2) is 15.2 Å². The van der Waals surface area contributed by atoms with Crippen LogP contribution in [0.25, 0.3) is 0 Å². The standard InChI is InChI=1S/C10H20IN/c1-7(2)9-5-6-10(8(3)4)12(9)11/h7-10H,5-6H2,1-4H3. The third-order valence-corrected chi connectivity index (χ3v) is 4.36. The van der Waals surface area contributed by atoms with Gasteiger partial charge in [-0.05, 0) is 24.7 Å². The quantitative estimate of drug-likeness (QED) is 0.553. The Labute approximate surface area is 90.4 Å². The van der Waals surface area contributed by atoms with Crippen molar-refractivity contribution in [2.24, 2.45) is 11.8 Å². The van der Waals surface area contributed by atoms with Crippen LogP contribution < -0.4 is 0 Å². The van der Waals surface area contributed by atoms with Crippen LogP contribution >= 0.6 is 22.9 Å². The van der Waals surface area contributed by atoms with Crippen LogP contribution in [0.4, 0.5) is 0 Å². The second-order valence-electron chi connectivity index (χ2n) is 4.54. The molecule has 72 valence electrons. The van der Waals surface area contributed by atoms with Gasteiger partial charge < -0.3 is 0 Å². The Bertz CT molecular complexity index is 129. The van der Waals surface area contributed by atoms with E-state index in [2.05, 4.69) is 53.7 Å². The van der Waals surface area contributed by atoms with Gasteiger partial charge in [0, 0.05) is 34.9 Å². The highest BCUT2D eigenvalue weighted by molar-refractivity contribution is 14.1. The van der Waals surface area contributed by atoms with Gasteiger partial charge >= 0.3 is 0 Å². The van der Waals surface area contributed by atoms with Gasteiger partial charge in [0.25, 0.3) is 0 Å². The molecule has 0 aromatic heterocycles. The zero-order chi connectivity index (χ0) is 9.30. The molecule has 1 rings (SSSR count). The van der Waals surface area contributed by atoms with E-state index in [9.17, 15) is 0 Å². The monoisotopic (exact) mass is 281 g/mol. The maximum atomic E-state index is 2.56. The molecule has 1 fully saturated rings. The summed E-state index contributed by atoms with van der Waals surface area (Å²) in [7, 11) is 0. The van der Waals surface area contributed by atoms with E-state index in [0.717, 1.165) is 23.9 Å². The fraction of sp³-hybridized carbons (Fsp3) is 1.00. The summed E-state index contributed by atoms with van der Waals surface area (Å²) in [5.41, 5.74) is 0. The van der Waals surface area contributed by atoms with Crippen molar-refractivity contribution in [3.63, 3.8) is 0 Å². The van der Waals surface area contributed by atoms with Gasteiger partial charge in [0.2, 0.25) is 0 Å². The summed E-state index contributed by atoms with van der Waals surface area (Å²) >= 11 is 2.52. The summed E-state index contributed by atoms with van der Waals surface area (Å²) in [4.78, 5) is 0. The van der Waals surface area contributed by atoms with Crippen molar-refractivity contribution < 1.29 is 0 Å². The van der Waals surface area contributed by atoms with E-state index in [0.29, 0.717) is 0 Å². The number of hydrogen-bond donors (Lipinski definition) is 0. The molecule has 0 bridgehead atoms. The van der Waals surface area contributed by atoms with E-state index in [1.807, 2.05) is 0 Å². The molecule has 0 radical (unpaired) electrons. The smallest absolute Gasteiger partial charge is 0.0220 e. The van der Waals surface area contributed by atoms with Crippen LogP contribution in [-0.2, 0) is 0 Å². The first-order chi connectivity index (χ1) is 5.54. The first-order valence-corrected chi connectivity index (χ1v) is 5.94. The number of nitrogens with zero attached hydrogens (tertiary/aromatic N) is 1. The molecule has 1 heterocycles. The Balaban J connectivity index is 2.55. The van der Waals surface area contributed by atoms with E-state index in [1.54, 1.807) is 0 Å². The van der Waals surface area contributed by atoms with Crippen LogP contribution in [0.15, 0.2) is 0 Å². The van der Waals surface area contributed by atoms with Gasteiger partial charge in [0.05, 0.1) is 0 Å². The molecule has 0 spiro atoms. The largest absolute Gasteiger partial charge is 0.241 e. The Kier molecular flexibility index (Phi) is 3.83. The van der Waals surface area contributed by atoms with E-state index in [4.69, 9.17) is 0 Å². The molecule has 0 saturated carbocycles. The highest BCUT2D eigenvalue weighted by Crippen LogP contribution is 2.35. The molecule has 2 atom stereocenters. The summed E-state index contributed by atoms with van der Waals surface area (Å²) in [5, 5.41) is 0. The fourth-order valence-electron chi connectivity index (χ4n) is 2.07. The first kappa shape index (κ1) is 10.8. The summed E-state index contributed by atoms with van der Waals surface area (Å²) in [5.74, 6) is 1.62. The molecule has 0 aromatic rings. The molecule has 0 amide bonds. The molecule has 1 aliphatic rings. The van der Waals surface area contributed by atoms with Crippen LogP contribution in [0.2, 0.25) is 0 Å². The molecule has 0 aromatic carbocycles. The number of halogens is 1. The SMILES string of the molecule is CC(C)C1CCC(C(C)C)N1I. The van der Waals surface area contributed by atoms with E-state index in [-0.39, 0.29) is 0 Å². The zero-order valence-corrected chi connectivity index (χ0v) is 10.7. The van der Waals surface area contributed by atoms with Crippen molar-refractivity contribution in [1.82, 2.24) is 3.11 Å². The Morgan fingerprint density at radius 2 is 1.33 bits per heavy atom. The van der Waals surface area contributed by atoms with Crippen LogP contribution in [0.1, 0.15) is 40.5 Å². The van der Waals surface area contributed by atoms with E-state index >= 15 is 0 Å². The van der Waals surface area contributed by atoms with Gasteiger partial charge in [0.15, 0.2) is 0 Å². The van der Waals surface area contributed by atoms with Crippen LogP contribution in [0, 0.1) is 11.8 Å². The topological polar surface area (TPSA) is 3.24 Å². The Hall–Kier alpha value is 0.690. The highest BCUT2D eigenvalue weighted by atomic mass is 127. The summed E-state index contributed by atoms with van der Waals surface area (Å²) in [6.45, 7) is 9.33. The van der Waals surface area contributed by atoms with Crippen LogP contribution in [0.3, 0.4) is 0 Å². The van der Waals surface area contributed by atoms with Crippen molar-refractivity contribution in [2.45, 2.75) is 52.6 Å². The molecule has 1 aliphatic heterocycles. The molecule has 0 aliphatic carbocycles. The minimum Gasteiger partial charge on any atom is -0.241 e. The molecular formula is C10H20IN. The fourth-order valence-corrected chi connectivity index (χ4v) is 3.91. The third kappa shape index (κ3) is 2.13. The summed E-state index contributed by atoms with van der Waals surface area (Å²) in [6, 6.07) is 1.64. The second-order valence-corrected chi connectivity index (χ2v) is 5.66. The maximum Gasteiger partial charge on any atom is 0.0220 e. The zero-order valence-electron chi connectivity index (χ0n) is 8.55. The van der Waals surface area contributed by atoms with E-state index < -0.39 is 0 Å². The molecular weight excluding hydrogens is 261 g/mol. The molecule has 12 heavy (non-hydrogen) atoms. The maximum absolute atomic E-state index is 2.56. The minimum atomic E-state index is 0.811. The predicted molar refractivity (Wildman–Crippen MR) is 62.3 cm³/mol. The van der Waals surface area contributed by atoms with E-state index in [1.165, 1.54) is 12.8 Å². The molecule has 1 saturated heterocycles. The molecule has 1 nitrogen and oxygen atoms in total. The molecule has 2 unspecified atom stereocenters. The van der Waals surface area contributed by atoms with Crippen molar-refractivity contribution in [3.8, 4) is 0 Å². The number of hydrogen-bond acceptors (Lipinski definition) is 1. The van der Waals surface area contributed by atoms with Crippen molar-refractivity contribution in [3.05, 3.63) is 0 Å². The van der Waals surface area contributed by atoms with Gasteiger partial charge in [-0.3, -0.25) is 0 Å². The Morgan fingerprint density at radius 3 is 1.50 bits per heavy atom. The van der Waals surface area contributed by atoms with Crippen molar-refractivity contribution in [1.29, 1.82) is 0 Å². The lowest BCUT2D eigenvalue weighted by atomic mass is 10.0. The summed E-state index contributed by atoms with van der Waals surface area (Å²) < 4.78 is 2.56. The average Bonchev–Trinajstić information content (AvgIpc) is 2.30. The van der Waals surface area contributed by atoms with Gasteiger partial charge in [-0.15, -0.1) is 0 Å². The van der Waals surface area contributed by atoms with Crippen molar-refractivity contribution in [2.75, 3.05) is 0 Å². The third-order valence-electron chi connectivity index (χ3n) is 2.93. The lowest BCUT2D eigenvalue weighted by Crippen LogP contribution is -2.33. The van der Waals surface area contributed by atoms with Gasteiger partial charge in [0.1, 0.15) is 0 Å².